The van der Waals surface area contributed by atoms with Gasteiger partial charge in [0.1, 0.15) is 17.3 Å². The summed E-state index contributed by atoms with van der Waals surface area (Å²) < 4.78 is 6.76. The number of nitrogens with one attached hydrogen (secondary N) is 1. The van der Waals surface area contributed by atoms with Gasteiger partial charge in [0.2, 0.25) is 0 Å². The predicted octanol–water partition coefficient (Wildman–Crippen LogP) is 1.17. The van der Waals surface area contributed by atoms with E-state index in [4.69, 9.17) is 4.74 Å². The summed E-state index contributed by atoms with van der Waals surface area (Å²) in [6, 6.07) is 0.189. The Morgan fingerprint density at radius 3 is 2.54 bits per heavy atom. The Balaban J connectivity index is 2.09. The zero-order chi connectivity index (χ0) is 19.6. The molecule has 0 radical (unpaired) electrons. The average Bonchev–Trinajstić information content (AvgIpc) is 3.09. The highest BCUT2D eigenvalue weighted by Crippen LogP contribution is 2.22. The molecule has 26 heavy (non-hydrogen) atoms. The van der Waals surface area contributed by atoms with Crippen LogP contribution >= 0.6 is 0 Å². The standard InChI is InChI=1S/C17H26N4O5/c1-6-10-7-12(20(5)19-10)14(22)18-11-8-13(15(23)24)21(9-11)16(25)26-17(2,3)4/h7,11,13H,6,8-9H2,1-5H3,(H,18,22)(H,23,24)/t11-,13+/m1/s1. The van der Waals surface area contributed by atoms with Crippen LogP contribution in [-0.4, -0.2) is 62.0 Å². The third-order valence-corrected chi connectivity index (χ3v) is 4.07. The number of carbonyl (C=O) groups is 3. The first-order valence-electron chi connectivity index (χ1n) is 8.58. The van der Waals surface area contributed by atoms with E-state index in [9.17, 15) is 19.5 Å². The minimum absolute atomic E-state index is 0.0795. The number of aliphatic carboxylic acids is 1. The molecule has 2 heterocycles. The molecule has 1 saturated heterocycles. The topological polar surface area (TPSA) is 114 Å². The highest BCUT2D eigenvalue weighted by Gasteiger charge is 2.42. The normalized spacial score (nSPS) is 20.1. The highest BCUT2D eigenvalue weighted by atomic mass is 16.6. The number of aromatic nitrogens is 2. The van der Waals surface area contributed by atoms with Crippen LogP contribution in [0.25, 0.3) is 0 Å². The van der Waals surface area contributed by atoms with Gasteiger partial charge >= 0.3 is 12.1 Å². The third-order valence-electron chi connectivity index (χ3n) is 4.07. The molecule has 1 aliphatic rings. The fourth-order valence-corrected chi connectivity index (χ4v) is 2.87. The van der Waals surface area contributed by atoms with Gasteiger partial charge in [-0.3, -0.25) is 14.4 Å². The lowest BCUT2D eigenvalue weighted by Gasteiger charge is -2.26. The molecule has 9 heteroatoms. The maximum Gasteiger partial charge on any atom is 0.411 e. The van der Waals surface area contributed by atoms with Crippen molar-refractivity contribution in [2.75, 3.05) is 6.54 Å². The van der Waals surface area contributed by atoms with Crippen LogP contribution < -0.4 is 5.32 Å². The number of carbonyl (C=O) groups excluding carboxylic acids is 2. The van der Waals surface area contributed by atoms with Crippen LogP contribution in [0.1, 0.15) is 50.3 Å². The summed E-state index contributed by atoms with van der Waals surface area (Å²) in [6.45, 7) is 7.16. The summed E-state index contributed by atoms with van der Waals surface area (Å²) in [4.78, 5) is 37.4. The molecule has 2 amide bonds. The number of aryl methyl sites for hydroxylation is 2. The van der Waals surface area contributed by atoms with Crippen molar-refractivity contribution in [2.24, 2.45) is 7.05 Å². The molecule has 0 saturated carbocycles. The zero-order valence-corrected chi connectivity index (χ0v) is 15.8. The van der Waals surface area contributed by atoms with Crippen molar-refractivity contribution >= 4 is 18.0 Å². The molecule has 2 rings (SSSR count). The molecule has 2 atom stereocenters. The van der Waals surface area contributed by atoms with E-state index >= 15 is 0 Å². The number of carboxylic acid groups (broad SMARTS) is 1. The molecule has 0 bridgehead atoms. The number of nitrogens with zero attached hydrogens (tertiary/aromatic N) is 3. The number of ether oxygens (including phenoxy) is 1. The van der Waals surface area contributed by atoms with E-state index in [1.807, 2.05) is 6.92 Å². The maximum atomic E-state index is 12.5. The number of hydrogen-bond donors (Lipinski definition) is 2. The van der Waals surface area contributed by atoms with Gasteiger partial charge in [-0.05, 0) is 33.3 Å². The second kappa shape index (κ2) is 7.35. The van der Waals surface area contributed by atoms with E-state index in [2.05, 4.69) is 10.4 Å². The van der Waals surface area contributed by atoms with Crippen molar-refractivity contribution in [3.8, 4) is 0 Å². The summed E-state index contributed by atoms with van der Waals surface area (Å²) in [5.41, 5.74) is 0.458. The molecule has 0 spiro atoms. The van der Waals surface area contributed by atoms with E-state index in [-0.39, 0.29) is 18.9 Å². The van der Waals surface area contributed by atoms with Gasteiger partial charge in [0.05, 0.1) is 5.69 Å². The fourth-order valence-electron chi connectivity index (χ4n) is 2.87. The second-order valence-electron chi connectivity index (χ2n) is 7.39. The molecule has 0 aromatic carbocycles. The molecule has 2 N–H and O–H groups in total. The third kappa shape index (κ3) is 4.53. The minimum Gasteiger partial charge on any atom is -0.480 e. The Hall–Kier alpha value is -2.58. The summed E-state index contributed by atoms with van der Waals surface area (Å²) >= 11 is 0. The number of carboxylic acids is 1. The predicted molar refractivity (Wildman–Crippen MR) is 92.8 cm³/mol. The summed E-state index contributed by atoms with van der Waals surface area (Å²) in [6.07, 6.45) is 0.132. The van der Waals surface area contributed by atoms with Crippen molar-refractivity contribution in [3.05, 3.63) is 17.5 Å². The van der Waals surface area contributed by atoms with Crippen LogP contribution in [0, 0.1) is 0 Å². The molecular weight excluding hydrogens is 340 g/mol. The Morgan fingerprint density at radius 1 is 1.38 bits per heavy atom. The van der Waals surface area contributed by atoms with Gasteiger partial charge in [-0.25, -0.2) is 9.59 Å². The number of amides is 2. The first-order chi connectivity index (χ1) is 12.0. The summed E-state index contributed by atoms with van der Waals surface area (Å²) in [7, 11) is 1.68. The zero-order valence-electron chi connectivity index (χ0n) is 15.8. The number of hydrogen-bond acceptors (Lipinski definition) is 5. The Morgan fingerprint density at radius 2 is 2.04 bits per heavy atom. The molecule has 0 unspecified atom stereocenters. The summed E-state index contributed by atoms with van der Waals surface area (Å²) in [5, 5.41) is 16.4. The SMILES string of the molecule is CCc1cc(C(=O)N[C@@H]2C[C@@H](C(=O)O)N(C(=O)OC(C)(C)C)C2)n(C)n1. The van der Waals surface area contributed by atoms with Crippen molar-refractivity contribution in [2.45, 2.75) is 58.2 Å². The van der Waals surface area contributed by atoms with E-state index in [1.165, 1.54) is 4.68 Å². The van der Waals surface area contributed by atoms with Crippen LogP contribution in [0.3, 0.4) is 0 Å². The smallest absolute Gasteiger partial charge is 0.411 e. The van der Waals surface area contributed by atoms with Gasteiger partial charge < -0.3 is 15.2 Å². The van der Waals surface area contributed by atoms with Gasteiger partial charge in [0.25, 0.3) is 5.91 Å². The fraction of sp³-hybridized carbons (Fsp3) is 0.647. The van der Waals surface area contributed by atoms with Crippen molar-refractivity contribution in [1.82, 2.24) is 20.0 Å². The monoisotopic (exact) mass is 366 g/mol. The van der Waals surface area contributed by atoms with Gasteiger partial charge in [-0.15, -0.1) is 0 Å². The molecule has 1 aromatic rings. The Labute approximate surface area is 152 Å². The quantitative estimate of drug-likeness (QED) is 0.827. The second-order valence-corrected chi connectivity index (χ2v) is 7.39. The van der Waals surface area contributed by atoms with Crippen molar-refractivity contribution in [1.29, 1.82) is 0 Å². The lowest BCUT2D eigenvalue weighted by molar-refractivity contribution is -0.142. The Kier molecular flexibility index (Phi) is 5.58. The molecule has 144 valence electrons. The highest BCUT2D eigenvalue weighted by molar-refractivity contribution is 5.93. The van der Waals surface area contributed by atoms with Gasteiger partial charge in [0.15, 0.2) is 0 Å². The molecule has 1 aliphatic heterocycles. The van der Waals surface area contributed by atoms with Crippen LogP contribution in [0.15, 0.2) is 6.07 Å². The van der Waals surface area contributed by atoms with Crippen molar-refractivity contribution < 1.29 is 24.2 Å². The van der Waals surface area contributed by atoms with Crippen molar-refractivity contribution in [3.63, 3.8) is 0 Å². The first kappa shape index (κ1) is 19.7. The largest absolute Gasteiger partial charge is 0.480 e. The average molecular weight is 366 g/mol. The van der Waals surface area contributed by atoms with Crippen LogP contribution in [0.4, 0.5) is 4.79 Å². The van der Waals surface area contributed by atoms with E-state index in [0.717, 1.165) is 10.6 Å². The van der Waals surface area contributed by atoms with Crippen LogP contribution in [0.2, 0.25) is 0 Å². The number of rotatable bonds is 4. The maximum absolute atomic E-state index is 12.5. The molecule has 0 aliphatic carbocycles. The van der Waals surface area contributed by atoms with Gasteiger partial charge in [-0.2, -0.15) is 5.10 Å². The van der Waals surface area contributed by atoms with Gasteiger partial charge in [0, 0.05) is 26.1 Å². The molecule has 1 fully saturated rings. The van der Waals surface area contributed by atoms with Crippen LogP contribution in [0.5, 0.6) is 0 Å². The van der Waals surface area contributed by atoms with E-state index in [1.54, 1.807) is 33.9 Å². The molecule has 1 aromatic heterocycles. The molecular formula is C17H26N4O5. The van der Waals surface area contributed by atoms with E-state index in [0.29, 0.717) is 12.1 Å². The number of likely N-dealkylation sites (tertiary alicyclic amines) is 1. The van der Waals surface area contributed by atoms with Gasteiger partial charge in [-0.1, -0.05) is 6.92 Å². The summed E-state index contributed by atoms with van der Waals surface area (Å²) in [5.74, 6) is -1.47. The minimum atomic E-state index is -1.12. The van der Waals surface area contributed by atoms with Crippen LogP contribution in [-0.2, 0) is 23.0 Å². The first-order valence-corrected chi connectivity index (χ1v) is 8.58. The van der Waals surface area contributed by atoms with E-state index < -0.39 is 29.7 Å². The Bertz CT molecular complexity index is 706. The molecule has 9 nitrogen and oxygen atoms in total. The lowest BCUT2D eigenvalue weighted by Crippen LogP contribution is -2.44. The lowest BCUT2D eigenvalue weighted by atomic mass is 10.1.